The van der Waals surface area contributed by atoms with Crippen molar-refractivity contribution in [3.63, 3.8) is 0 Å². The maximum atomic E-state index is 6.47. The van der Waals surface area contributed by atoms with Gasteiger partial charge in [-0.2, -0.15) is 0 Å². The van der Waals surface area contributed by atoms with Crippen LogP contribution in [0.4, 0.5) is 0 Å². The van der Waals surface area contributed by atoms with Crippen LogP contribution in [-0.2, 0) is 12.0 Å². The van der Waals surface area contributed by atoms with Gasteiger partial charge in [0.15, 0.2) is 0 Å². The van der Waals surface area contributed by atoms with E-state index in [0.717, 1.165) is 12.8 Å². The molecule has 0 aliphatic heterocycles. The number of benzene rings is 1. The topological polar surface area (TPSA) is 26.0 Å². The summed E-state index contributed by atoms with van der Waals surface area (Å²) >= 11 is 0. The van der Waals surface area contributed by atoms with E-state index in [2.05, 4.69) is 45.0 Å². The van der Waals surface area contributed by atoms with Crippen LogP contribution in [0.1, 0.15) is 76.8 Å². The van der Waals surface area contributed by atoms with Crippen LogP contribution in [0.15, 0.2) is 24.3 Å². The second-order valence-electron chi connectivity index (χ2n) is 5.99. The number of unbranched alkanes of at least 4 members (excludes halogenated alkanes) is 5. The second kappa shape index (κ2) is 8.37. The maximum absolute atomic E-state index is 6.47. The summed E-state index contributed by atoms with van der Waals surface area (Å²) in [6, 6.07) is 8.83. The van der Waals surface area contributed by atoms with Gasteiger partial charge in [-0.3, -0.25) is 0 Å². The molecule has 1 unspecified atom stereocenters. The fourth-order valence-corrected chi connectivity index (χ4v) is 2.54. The lowest BCUT2D eigenvalue weighted by atomic mass is 9.87. The zero-order valence-electron chi connectivity index (χ0n) is 13.0. The van der Waals surface area contributed by atoms with Crippen molar-refractivity contribution in [3.8, 4) is 0 Å². The molecule has 0 amide bonds. The van der Waals surface area contributed by atoms with Crippen molar-refractivity contribution in [2.75, 3.05) is 0 Å². The average Bonchev–Trinajstić information content (AvgIpc) is 2.43. The van der Waals surface area contributed by atoms with Crippen molar-refractivity contribution >= 4 is 0 Å². The van der Waals surface area contributed by atoms with Crippen LogP contribution in [0.3, 0.4) is 0 Å². The molecule has 108 valence electrons. The molecule has 0 fully saturated rings. The highest BCUT2D eigenvalue weighted by molar-refractivity contribution is 5.27. The van der Waals surface area contributed by atoms with Gasteiger partial charge in [0.1, 0.15) is 0 Å². The van der Waals surface area contributed by atoms with Crippen LogP contribution in [0.2, 0.25) is 0 Å². The number of rotatable bonds is 9. The Labute approximate surface area is 119 Å². The number of aryl methyl sites for hydroxylation is 1. The van der Waals surface area contributed by atoms with Gasteiger partial charge in [-0.1, -0.05) is 76.6 Å². The lowest BCUT2D eigenvalue weighted by molar-refractivity contribution is 0.421. The summed E-state index contributed by atoms with van der Waals surface area (Å²) in [6.45, 7) is 6.61. The summed E-state index contributed by atoms with van der Waals surface area (Å²) in [6.07, 6.45) is 10.2. The van der Waals surface area contributed by atoms with Crippen LogP contribution >= 0.6 is 0 Å². The molecule has 0 bridgehead atoms. The third-order valence-corrected chi connectivity index (χ3v) is 4.07. The molecule has 0 spiro atoms. The van der Waals surface area contributed by atoms with E-state index in [1.54, 1.807) is 0 Å². The normalized spacial score (nSPS) is 14.3. The maximum Gasteiger partial charge on any atom is 0.0381 e. The van der Waals surface area contributed by atoms with E-state index in [9.17, 15) is 0 Å². The predicted octanol–water partition coefficient (Wildman–Crippen LogP) is 5.17. The van der Waals surface area contributed by atoms with Crippen LogP contribution in [0, 0.1) is 0 Å². The Balaban J connectivity index is 2.37. The van der Waals surface area contributed by atoms with E-state index < -0.39 is 0 Å². The summed E-state index contributed by atoms with van der Waals surface area (Å²) in [5.41, 5.74) is 8.97. The van der Waals surface area contributed by atoms with Gasteiger partial charge in [0, 0.05) is 5.54 Å². The molecule has 1 heteroatoms. The highest BCUT2D eigenvalue weighted by Gasteiger charge is 2.20. The van der Waals surface area contributed by atoms with Gasteiger partial charge >= 0.3 is 0 Å². The van der Waals surface area contributed by atoms with Crippen molar-refractivity contribution in [2.24, 2.45) is 5.73 Å². The van der Waals surface area contributed by atoms with Crippen molar-refractivity contribution in [2.45, 2.75) is 77.7 Å². The molecule has 1 nitrogen and oxygen atoms in total. The standard InChI is InChI=1S/C18H31N/c1-4-6-7-8-9-10-15-18(3,19)17-13-11-16(5-2)12-14-17/h11-14H,4-10,15,19H2,1-3H3. The monoisotopic (exact) mass is 261 g/mol. The molecular formula is C18H31N. The van der Waals surface area contributed by atoms with Gasteiger partial charge in [-0.25, -0.2) is 0 Å². The molecule has 0 radical (unpaired) electrons. The van der Waals surface area contributed by atoms with Crippen LogP contribution in [0.5, 0.6) is 0 Å². The minimum absolute atomic E-state index is 0.170. The van der Waals surface area contributed by atoms with E-state index >= 15 is 0 Å². The minimum atomic E-state index is -0.170. The Bertz CT molecular complexity index is 337. The average molecular weight is 261 g/mol. The first-order chi connectivity index (χ1) is 9.10. The Morgan fingerprint density at radius 1 is 0.895 bits per heavy atom. The van der Waals surface area contributed by atoms with Gasteiger partial charge in [0.25, 0.3) is 0 Å². The SMILES string of the molecule is CCCCCCCCC(C)(N)c1ccc(CC)cc1. The number of nitrogens with two attached hydrogens (primary N) is 1. The fourth-order valence-electron chi connectivity index (χ4n) is 2.54. The Hall–Kier alpha value is -0.820. The smallest absolute Gasteiger partial charge is 0.0381 e. The van der Waals surface area contributed by atoms with E-state index in [1.807, 2.05) is 0 Å². The lowest BCUT2D eigenvalue weighted by Gasteiger charge is -2.25. The molecule has 1 rings (SSSR count). The van der Waals surface area contributed by atoms with Crippen molar-refractivity contribution in [1.29, 1.82) is 0 Å². The van der Waals surface area contributed by atoms with Gasteiger partial charge < -0.3 is 5.73 Å². The predicted molar refractivity (Wildman–Crippen MR) is 85.4 cm³/mol. The zero-order chi connectivity index (χ0) is 14.1. The lowest BCUT2D eigenvalue weighted by Crippen LogP contribution is -2.32. The molecule has 0 aliphatic carbocycles. The summed E-state index contributed by atoms with van der Waals surface area (Å²) in [5.74, 6) is 0. The van der Waals surface area contributed by atoms with Gasteiger partial charge in [0.2, 0.25) is 0 Å². The van der Waals surface area contributed by atoms with Crippen molar-refractivity contribution < 1.29 is 0 Å². The molecule has 0 heterocycles. The Morgan fingerprint density at radius 3 is 2.05 bits per heavy atom. The van der Waals surface area contributed by atoms with Crippen LogP contribution < -0.4 is 5.73 Å². The molecule has 1 atom stereocenters. The fraction of sp³-hybridized carbons (Fsp3) is 0.667. The first kappa shape index (κ1) is 16.2. The summed E-state index contributed by atoms with van der Waals surface area (Å²) in [4.78, 5) is 0. The molecule has 0 aromatic heterocycles. The first-order valence-corrected chi connectivity index (χ1v) is 7.98. The van der Waals surface area contributed by atoms with Crippen LogP contribution in [-0.4, -0.2) is 0 Å². The van der Waals surface area contributed by atoms with Gasteiger partial charge in [0.05, 0.1) is 0 Å². The van der Waals surface area contributed by atoms with Crippen LogP contribution in [0.25, 0.3) is 0 Å². The highest BCUT2D eigenvalue weighted by Crippen LogP contribution is 2.25. The first-order valence-electron chi connectivity index (χ1n) is 7.98. The van der Waals surface area contributed by atoms with E-state index in [1.165, 1.54) is 49.7 Å². The van der Waals surface area contributed by atoms with E-state index in [0.29, 0.717) is 0 Å². The van der Waals surface area contributed by atoms with Gasteiger partial charge in [-0.15, -0.1) is 0 Å². The minimum Gasteiger partial charge on any atom is -0.322 e. The molecule has 0 saturated carbocycles. The molecule has 1 aromatic carbocycles. The molecule has 2 N–H and O–H groups in total. The van der Waals surface area contributed by atoms with Crippen molar-refractivity contribution in [1.82, 2.24) is 0 Å². The Morgan fingerprint density at radius 2 is 1.47 bits per heavy atom. The highest BCUT2D eigenvalue weighted by atomic mass is 14.7. The van der Waals surface area contributed by atoms with E-state index in [4.69, 9.17) is 5.73 Å². The molecular weight excluding hydrogens is 230 g/mol. The quantitative estimate of drug-likeness (QED) is 0.609. The molecule has 19 heavy (non-hydrogen) atoms. The molecule has 0 aliphatic rings. The Kier molecular flexibility index (Phi) is 7.15. The third kappa shape index (κ3) is 5.78. The largest absolute Gasteiger partial charge is 0.322 e. The van der Waals surface area contributed by atoms with Crippen molar-refractivity contribution in [3.05, 3.63) is 35.4 Å². The van der Waals surface area contributed by atoms with Gasteiger partial charge in [-0.05, 0) is 30.9 Å². The summed E-state index contributed by atoms with van der Waals surface area (Å²) in [5, 5.41) is 0. The van der Waals surface area contributed by atoms with E-state index in [-0.39, 0.29) is 5.54 Å². The third-order valence-electron chi connectivity index (χ3n) is 4.07. The molecule has 0 saturated heterocycles. The number of hydrogen-bond acceptors (Lipinski definition) is 1. The summed E-state index contributed by atoms with van der Waals surface area (Å²) in [7, 11) is 0. The second-order valence-corrected chi connectivity index (χ2v) is 5.99. The molecule has 1 aromatic rings. The summed E-state index contributed by atoms with van der Waals surface area (Å²) < 4.78 is 0. The zero-order valence-corrected chi connectivity index (χ0v) is 13.0. The number of hydrogen-bond donors (Lipinski definition) is 1.